The average Bonchev–Trinajstić information content (AvgIpc) is 2.94. The van der Waals surface area contributed by atoms with Crippen LogP contribution in [0, 0.1) is 6.92 Å². The van der Waals surface area contributed by atoms with Crippen LogP contribution < -0.4 is 0 Å². The van der Waals surface area contributed by atoms with E-state index < -0.39 is 8.07 Å². The Kier molecular flexibility index (Phi) is 2.89. The van der Waals surface area contributed by atoms with Crippen LogP contribution in [-0.2, 0) is 12.6 Å². The molecular formula is C20H23NSi. The van der Waals surface area contributed by atoms with E-state index in [0.717, 1.165) is 6.42 Å². The summed E-state index contributed by atoms with van der Waals surface area (Å²) in [4.78, 5) is 0. The van der Waals surface area contributed by atoms with E-state index in [9.17, 15) is 0 Å². The van der Waals surface area contributed by atoms with Crippen molar-refractivity contribution >= 4 is 19.0 Å². The molecule has 1 heterocycles. The Hall–Kier alpha value is -1.80. The van der Waals surface area contributed by atoms with Crippen molar-refractivity contribution in [3.63, 3.8) is 0 Å². The summed E-state index contributed by atoms with van der Waals surface area (Å²) < 4.78 is 2.62. The van der Waals surface area contributed by atoms with Crippen molar-refractivity contribution in [2.45, 2.75) is 39.2 Å². The van der Waals surface area contributed by atoms with Gasteiger partial charge in [0.15, 0.2) is 0 Å². The van der Waals surface area contributed by atoms with E-state index in [2.05, 4.69) is 73.6 Å². The van der Waals surface area contributed by atoms with Crippen molar-refractivity contribution in [3.05, 3.63) is 59.3 Å². The lowest BCUT2D eigenvalue weighted by Gasteiger charge is -2.20. The molecule has 0 saturated heterocycles. The van der Waals surface area contributed by atoms with Gasteiger partial charge in [-0.15, -0.1) is 0 Å². The zero-order chi connectivity index (χ0) is 15.5. The van der Waals surface area contributed by atoms with Gasteiger partial charge in [-0.3, -0.25) is 0 Å². The molecule has 0 saturated carbocycles. The minimum absolute atomic E-state index is 1.09. The first-order chi connectivity index (χ1) is 10.4. The van der Waals surface area contributed by atoms with Crippen LogP contribution in [0.15, 0.2) is 42.5 Å². The molecule has 0 radical (unpaired) electrons. The minimum Gasteiger partial charge on any atom is -0.347 e. The molecule has 112 valence electrons. The van der Waals surface area contributed by atoms with Gasteiger partial charge in [-0.25, -0.2) is 0 Å². The maximum atomic E-state index is 2.62. The van der Waals surface area contributed by atoms with Crippen molar-refractivity contribution in [2.75, 3.05) is 0 Å². The second-order valence-corrected chi connectivity index (χ2v) is 13.3. The van der Waals surface area contributed by atoms with Gasteiger partial charge in [0.05, 0.1) is 8.07 Å². The standard InChI is InChI=1S/C20H23NSi/c1-14-9-10-18-17(11-14)20-16-8-6-5-7-15(16)12-19(20)21(18)13-22(2,3)4/h5-11H,12-13H2,1-4H3. The van der Waals surface area contributed by atoms with E-state index in [1.807, 2.05) is 0 Å². The van der Waals surface area contributed by atoms with Crippen LogP contribution in [0.2, 0.25) is 19.6 Å². The maximum Gasteiger partial charge on any atom is 0.0671 e. The maximum absolute atomic E-state index is 2.62. The predicted molar refractivity (Wildman–Crippen MR) is 98.3 cm³/mol. The Morgan fingerprint density at radius 2 is 1.82 bits per heavy atom. The van der Waals surface area contributed by atoms with E-state index in [-0.39, 0.29) is 0 Å². The normalized spacial score (nSPS) is 13.5. The number of rotatable bonds is 2. The van der Waals surface area contributed by atoms with E-state index in [1.165, 1.54) is 45.0 Å². The summed E-state index contributed by atoms with van der Waals surface area (Å²) in [5.74, 6) is 0. The molecule has 0 N–H and O–H groups in total. The summed E-state index contributed by atoms with van der Waals surface area (Å²) in [6.07, 6.45) is 2.29. The van der Waals surface area contributed by atoms with Gasteiger partial charge < -0.3 is 4.57 Å². The quantitative estimate of drug-likeness (QED) is 0.437. The summed E-state index contributed by atoms with van der Waals surface area (Å²) >= 11 is 0. The lowest BCUT2D eigenvalue weighted by atomic mass is 10.0. The molecule has 0 atom stereocenters. The number of hydrogen-bond donors (Lipinski definition) is 0. The fourth-order valence-corrected chi connectivity index (χ4v) is 5.07. The van der Waals surface area contributed by atoms with Crippen LogP contribution in [0.5, 0.6) is 0 Å². The molecule has 0 aliphatic heterocycles. The van der Waals surface area contributed by atoms with Gasteiger partial charge in [0.25, 0.3) is 0 Å². The van der Waals surface area contributed by atoms with E-state index in [4.69, 9.17) is 0 Å². The van der Waals surface area contributed by atoms with Crippen molar-refractivity contribution in [3.8, 4) is 11.1 Å². The molecule has 1 aromatic heterocycles. The highest BCUT2D eigenvalue weighted by Crippen LogP contribution is 2.43. The Bertz CT molecular complexity index is 881. The zero-order valence-corrected chi connectivity index (χ0v) is 14.9. The molecule has 2 heteroatoms. The van der Waals surface area contributed by atoms with Gasteiger partial charge in [0.1, 0.15) is 0 Å². The van der Waals surface area contributed by atoms with Gasteiger partial charge in [0.2, 0.25) is 0 Å². The molecule has 0 fully saturated rings. The van der Waals surface area contributed by atoms with Crippen molar-refractivity contribution in [1.29, 1.82) is 0 Å². The minimum atomic E-state index is -1.18. The molecule has 2 aromatic carbocycles. The molecular weight excluding hydrogens is 282 g/mol. The van der Waals surface area contributed by atoms with Crippen LogP contribution in [0.1, 0.15) is 16.8 Å². The summed E-state index contributed by atoms with van der Waals surface area (Å²) in [5, 5.41) is 1.44. The third-order valence-corrected chi connectivity index (χ3v) is 5.87. The van der Waals surface area contributed by atoms with Crippen molar-refractivity contribution in [1.82, 2.24) is 4.57 Å². The highest BCUT2D eigenvalue weighted by molar-refractivity contribution is 6.75. The summed E-state index contributed by atoms with van der Waals surface area (Å²) in [6, 6.07) is 15.9. The van der Waals surface area contributed by atoms with E-state index >= 15 is 0 Å². The van der Waals surface area contributed by atoms with Crippen molar-refractivity contribution in [2.24, 2.45) is 0 Å². The lowest BCUT2D eigenvalue weighted by molar-refractivity contribution is 0.840. The number of hydrogen-bond acceptors (Lipinski definition) is 0. The summed E-state index contributed by atoms with van der Waals surface area (Å²) in [5.41, 5.74) is 8.73. The molecule has 3 aromatic rings. The number of aromatic nitrogens is 1. The summed E-state index contributed by atoms with van der Waals surface area (Å²) in [6.45, 7) is 9.58. The number of fused-ring (bicyclic) bond motifs is 5. The molecule has 0 spiro atoms. The van der Waals surface area contributed by atoms with Gasteiger partial charge in [0, 0.05) is 34.7 Å². The third kappa shape index (κ3) is 2.05. The smallest absolute Gasteiger partial charge is 0.0671 e. The second-order valence-electron chi connectivity index (χ2n) is 7.82. The molecule has 4 rings (SSSR count). The first kappa shape index (κ1) is 13.8. The number of aryl methyl sites for hydroxylation is 1. The SMILES string of the molecule is Cc1ccc2c(c1)c1c(n2C[Si](C)(C)C)Cc2ccccc2-1. The predicted octanol–water partition coefficient (Wildman–Crippen LogP) is 5.40. The summed E-state index contributed by atoms with van der Waals surface area (Å²) in [7, 11) is -1.18. The van der Waals surface area contributed by atoms with Gasteiger partial charge in [-0.2, -0.15) is 0 Å². The fraction of sp³-hybridized carbons (Fsp3) is 0.300. The van der Waals surface area contributed by atoms with Gasteiger partial charge in [-0.1, -0.05) is 55.5 Å². The third-order valence-electron chi connectivity index (χ3n) is 4.60. The van der Waals surface area contributed by atoms with Crippen LogP contribution in [-0.4, -0.2) is 12.6 Å². The Balaban J connectivity index is 2.05. The number of nitrogens with zero attached hydrogens (tertiary/aromatic N) is 1. The molecule has 0 amide bonds. The zero-order valence-electron chi connectivity index (χ0n) is 13.9. The second kappa shape index (κ2) is 4.59. The van der Waals surface area contributed by atoms with Crippen molar-refractivity contribution < 1.29 is 0 Å². The van der Waals surface area contributed by atoms with Crippen LogP contribution in [0.3, 0.4) is 0 Å². The number of benzene rings is 2. The molecule has 0 unspecified atom stereocenters. The molecule has 22 heavy (non-hydrogen) atoms. The van der Waals surface area contributed by atoms with Crippen LogP contribution in [0.4, 0.5) is 0 Å². The van der Waals surface area contributed by atoms with Crippen LogP contribution in [0.25, 0.3) is 22.0 Å². The molecule has 1 aliphatic rings. The van der Waals surface area contributed by atoms with Gasteiger partial charge >= 0.3 is 0 Å². The highest BCUT2D eigenvalue weighted by Gasteiger charge is 2.28. The molecule has 1 aliphatic carbocycles. The van der Waals surface area contributed by atoms with E-state index in [1.54, 1.807) is 0 Å². The van der Waals surface area contributed by atoms with Crippen LogP contribution >= 0.6 is 0 Å². The monoisotopic (exact) mass is 305 g/mol. The molecule has 1 nitrogen and oxygen atoms in total. The first-order valence-corrected chi connectivity index (χ1v) is 11.8. The first-order valence-electron chi connectivity index (χ1n) is 8.14. The Morgan fingerprint density at radius 1 is 1.05 bits per heavy atom. The average molecular weight is 305 g/mol. The van der Waals surface area contributed by atoms with E-state index in [0.29, 0.717) is 0 Å². The van der Waals surface area contributed by atoms with Gasteiger partial charge in [-0.05, 0) is 30.2 Å². The Morgan fingerprint density at radius 3 is 2.59 bits per heavy atom. The lowest BCUT2D eigenvalue weighted by Crippen LogP contribution is -2.28. The fourth-order valence-electron chi connectivity index (χ4n) is 3.76. The highest BCUT2D eigenvalue weighted by atomic mass is 28.3. The largest absolute Gasteiger partial charge is 0.347 e. The molecule has 0 bridgehead atoms. The Labute approximate surface area is 133 Å². The topological polar surface area (TPSA) is 4.93 Å².